The van der Waals surface area contributed by atoms with E-state index >= 15 is 0 Å². The molecule has 6 heteroatoms. The Morgan fingerprint density at radius 3 is 2.55 bits per heavy atom. The molecule has 0 saturated heterocycles. The largest absolute Gasteiger partial charge is 0.463 e. The third kappa shape index (κ3) is 2.96. The van der Waals surface area contributed by atoms with Crippen LogP contribution in [0.3, 0.4) is 0 Å². The number of anilines is 1. The Morgan fingerprint density at radius 1 is 1.30 bits per heavy atom. The maximum Gasteiger partial charge on any atom is 0.337 e. The number of nitrogens with one attached hydrogen (secondary N) is 2. The van der Waals surface area contributed by atoms with Crippen LogP contribution in [0.2, 0.25) is 0 Å². The molecule has 20 heavy (non-hydrogen) atoms. The zero-order valence-corrected chi connectivity index (χ0v) is 12.1. The molecular formula is C14H18N4O2. The van der Waals surface area contributed by atoms with Crippen molar-refractivity contribution in [2.75, 3.05) is 11.9 Å². The number of benzene rings is 1. The van der Waals surface area contributed by atoms with Crippen molar-refractivity contribution in [2.45, 2.75) is 27.7 Å². The Morgan fingerprint density at radius 2 is 1.95 bits per heavy atom. The maximum atomic E-state index is 12.3. The molecular weight excluding hydrogens is 256 g/mol. The van der Waals surface area contributed by atoms with Gasteiger partial charge in [-0.1, -0.05) is 17.7 Å². The van der Waals surface area contributed by atoms with Gasteiger partial charge in [0.1, 0.15) is 0 Å². The highest BCUT2D eigenvalue weighted by Crippen LogP contribution is 2.17. The second-order valence-electron chi connectivity index (χ2n) is 4.63. The Kier molecular flexibility index (Phi) is 4.02. The van der Waals surface area contributed by atoms with E-state index in [2.05, 4.69) is 20.5 Å². The lowest BCUT2D eigenvalue weighted by Gasteiger charge is -2.10. The average molecular weight is 274 g/mol. The molecule has 0 aliphatic rings. The van der Waals surface area contributed by atoms with E-state index in [0.717, 1.165) is 16.7 Å². The third-order valence-electron chi connectivity index (χ3n) is 2.87. The number of aromatic nitrogens is 3. The number of hydrogen-bond acceptors (Lipinski definition) is 4. The summed E-state index contributed by atoms with van der Waals surface area (Å²) in [5.41, 5.74) is 3.66. The lowest BCUT2D eigenvalue weighted by Crippen LogP contribution is -2.16. The molecule has 1 amide bonds. The number of amides is 1. The van der Waals surface area contributed by atoms with Gasteiger partial charge in [-0.15, -0.1) is 5.10 Å². The Hall–Kier alpha value is -2.37. The summed E-state index contributed by atoms with van der Waals surface area (Å²) in [7, 11) is 0. The van der Waals surface area contributed by atoms with Crippen molar-refractivity contribution in [2.24, 2.45) is 0 Å². The third-order valence-corrected chi connectivity index (χ3v) is 2.87. The molecule has 0 fully saturated rings. The van der Waals surface area contributed by atoms with E-state index < -0.39 is 0 Å². The summed E-state index contributed by atoms with van der Waals surface area (Å²) in [5.74, 6) is 0.0667. The fourth-order valence-corrected chi connectivity index (χ4v) is 2.20. The number of ether oxygens (including phenoxy) is 1. The SMILES string of the molecule is CCOc1n[nH]c(NC(=O)c2c(C)cc(C)cc2C)n1. The first-order chi connectivity index (χ1) is 9.51. The van der Waals surface area contributed by atoms with Gasteiger partial charge in [0.2, 0.25) is 5.95 Å². The summed E-state index contributed by atoms with van der Waals surface area (Å²) in [6, 6.07) is 4.18. The first-order valence-electron chi connectivity index (χ1n) is 6.45. The molecule has 1 heterocycles. The van der Waals surface area contributed by atoms with E-state index in [9.17, 15) is 4.79 Å². The van der Waals surface area contributed by atoms with Gasteiger partial charge in [-0.3, -0.25) is 10.1 Å². The zero-order valence-electron chi connectivity index (χ0n) is 12.1. The zero-order chi connectivity index (χ0) is 14.7. The number of nitrogens with zero attached hydrogens (tertiary/aromatic N) is 2. The minimum absolute atomic E-state index is 0.209. The molecule has 0 aliphatic carbocycles. The molecule has 2 N–H and O–H groups in total. The van der Waals surface area contributed by atoms with E-state index in [1.54, 1.807) is 0 Å². The summed E-state index contributed by atoms with van der Waals surface area (Å²) >= 11 is 0. The van der Waals surface area contributed by atoms with Gasteiger partial charge in [0.15, 0.2) is 0 Å². The molecule has 0 atom stereocenters. The normalized spacial score (nSPS) is 10.4. The number of carbonyl (C=O) groups excluding carboxylic acids is 1. The molecule has 1 aromatic heterocycles. The highest BCUT2D eigenvalue weighted by Gasteiger charge is 2.15. The fraction of sp³-hybridized carbons (Fsp3) is 0.357. The van der Waals surface area contributed by atoms with Crippen LogP contribution in [0.25, 0.3) is 0 Å². The molecule has 0 bridgehead atoms. The van der Waals surface area contributed by atoms with Gasteiger partial charge in [-0.25, -0.2) is 5.10 Å². The van der Waals surface area contributed by atoms with E-state index in [1.165, 1.54) is 0 Å². The number of H-pyrrole nitrogens is 1. The minimum Gasteiger partial charge on any atom is -0.463 e. The van der Waals surface area contributed by atoms with Crippen LogP contribution < -0.4 is 10.1 Å². The van der Waals surface area contributed by atoms with Gasteiger partial charge in [-0.2, -0.15) is 4.98 Å². The van der Waals surface area contributed by atoms with E-state index in [4.69, 9.17) is 4.74 Å². The van der Waals surface area contributed by atoms with Crippen LogP contribution >= 0.6 is 0 Å². The number of aromatic amines is 1. The van der Waals surface area contributed by atoms with E-state index in [-0.39, 0.29) is 17.9 Å². The molecule has 0 saturated carbocycles. The summed E-state index contributed by atoms with van der Waals surface area (Å²) in [6.07, 6.45) is 0. The predicted molar refractivity (Wildman–Crippen MR) is 76.2 cm³/mol. The van der Waals surface area contributed by atoms with Crippen molar-refractivity contribution < 1.29 is 9.53 Å². The molecule has 106 valence electrons. The average Bonchev–Trinajstić information content (AvgIpc) is 2.75. The summed E-state index contributed by atoms with van der Waals surface area (Å²) in [4.78, 5) is 16.3. The minimum atomic E-state index is -0.209. The lowest BCUT2D eigenvalue weighted by atomic mass is 9.99. The topological polar surface area (TPSA) is 79.9 Å². The molecule has 6 nitrogen and oxygen atoms in total. The van der Waals surface area contributed by atoms with Gasteiger partial charge in [0.05, 0.1) is 6.61 Å². The molecule has 1 aromatic carbocycles. The van der Waals surface area contributed by atoms with Crippen molar-refractivity contribution in [3.63, 3.8) is 0 Å². The van der Waals surface area contributed by atoms with Crippen LogP contribution in [0, 0.1) is 20.8 Å². The molecule has 2 aromatic rings. The monoisotopic (exact) mass is 274 g/mol. The van der Waals surface area contributed by atoms with Crippen LogP contribution in [0.5, 0.6) is 6.01 Å². The fourth-order valence-electron chi connectivity index (χ4n) is 2.20. The van der Waals surface area contributed by atoms with Crippen LogP contribution in [-0.4, -0.2) is 27.7 Å². The Balaban J connectivity index is 2.19. The van der Waals surface area contributed by atoms with E-state index in [0.29, 0.717) is 12.2 Å². The molecule has 0 unspecified atom stereocenters. The van der Waals surface area contributed by atoms with Crippen molar-refractivity contribution in [1.29, 1.82) is 0 Å². The number of rotatable bonds is 4. The van der Waals surface area contributed by atoms with Crippen molar-refractivity contribution in [1.82, 2.24) is 15.2 Å². The number of aryl methyl sites for hydroxylation is 3. The Labute approximate surface area is 117 Å². The van der Waals surface area contributed by atoms with Crippen molar-refractivity contribution >= 4 is 11.9 Å². The van der Waals surface area contributed by atoms with Gasteiger partial charge < -0.3 is 4.74 Å². The molecule has 0 spiro atoms. The number of carbonyl (C=O) groups is 1. The lowest BCUT2D eigenvalue weighted by molar-refractivity contribution is 0.102. The smallest absolute Gasteiger partial charge is 0.337 e. The van der Waals surface area contributed by atoms with Crippen LogP contribution in [0.15, 0.2) is 12.1 Å². The maximum absolute atomic E-state index is 12.3. The second kappa shape index (κ2) is 5.73. The predicted octanol–water partition coefficient (Wildman–Crippen LogP) is 2.38. The van der Waals surface area contributed by atoms with Gasteiger partial charge in [0.25, 0.3) is 5.91 Å². The molecule has 0 radical (unpaired) electrons. The highest BCUT2D eigenvalue weighted by atomic mass is 16.5. The number of hydrogen-bond donors (Lipinski definition) is 2. The first-order valence-corrected chi connectivity index (χ1v) is 6.45. The van der Waals surface area contributed by atoms with E-state index in [1.807, 2.05) is 39.8 Å². The molecule has 0 aliphatic heterocycles. The van der Waals surface area contributed by atoms with Crippen LogP contribution in [0.4, 0.5) is 5.95 Å². The van der Waals surface area contributed by atoms with Crippen molar-refractivity contribution in [3.05, 3.63) is 34.4 Å². The van der Waals surface area contributed by atoms with Gasteiger partial charge in [0, 0.05) is 5.56 Å². The molecule has 2 rings (SSSR count). The Bertz CT molecular complexity index is 611. The second-order valence-corrected chi connectivity index (χ2v) is 4.63. The van der Waals surface area contributed by atoms with Gasteiger partial charge >= 0.3 is 6.01 Å². The van der Waals surface area contributed by atoms with Gasteiger partial charge in [-0.05, 0) is 38.8 Å². The standard InChI is InChI=1S/C14H18N4O2/c1-5-20-14-16-13(17-18-14)15-12(19)11-9(3)6-8(2)7-10(11)4/h6-7H,5H2,1-4H3,(H2,15,16,17,18,19). The quantitative estimate of drug-likeness (QED) is 0.897. The summed E-state index contributed by atoms with van der Waals surface area (Å²) < 4.78 is 5.13. The summed E-state index contributed by atoms with van der Waals surface area (Å²) in [6.45, 7) is 8.16. The summed E-state index contributed by atoms with van der Waals surface area (Å²) in [5, 5.41) is 9.15. The first kappa shape index (κ1) is 14.0. The van der Waals surface area contributed by atoms with Crippen molar-refractivity contribution in [3.8, 4) is 6.01 Å². The van der Waals surface area contributed by atoms with Crippen LogP contribution in [-0.2, 0) is 0 Å². The highest BCUT2D eigenvalue weighted by molar-refractivity contribution is 6.05. The van der Waals surface area contributed by atoms with Crippen LogP contribution in [0.1, 0.15) is 34.0 Å².